The lowest BCUT2D eigenvalue weighted by Gasteiger charge is -2.16. The number of halogens is 3. The van der Waals surface area contributed by atoms with Crippen LogP contribution in [0.5, 0.6) is 5.75 Å². The summed E-state index contributed by atoms with van der Waals surface area (Å²) in [6.45, 7) is 1.54. The smallest absolute Gasteiger partial charge is 0.265 e. The van der Waals surface area contributed by atoms with E-state index in [9.17, 15) is 13.6 Å². The van der Waals surface area contributed by atoms with Gasteiger partial charge in [-0.05, 0) is 47.1 Å². The van der Waals surface area contributed by atoms with Gasteiger partial charge in [-0.15, -0.1) is 0 Å². The van der Waals surface area contributed by atoms with Crippen molar-refractivity contribution in [2.75, 3.05) is 5.32 Å². The first-order valence-electron chi connectivity index (χ1n) is 6.14. The van der Waals surface area contributed by atoms with Crippen LogP contribution in [-0.2, 0) is 4.79 Å². The molecule has 0 aromatic heterocycles. The number of ether oxygens (including phenoxy) is 1. The van der Waals surface area contributed by atoms with Crippen molar-refractivity contribution in [3.63, 3.8) is 0 Å². The molecule has 1 unspecified atom stereocenters. The van der Waals surface area contributed by atoms with Crippen LogP contribution in [0.15, 0.2) is 46.9 Å². The van der Waals surface area contributed by atoms with E-state index in [-0.39, 0.29) is 5.69 Å². The van der Waals surface area contributed by atoms with E-state index in [1.165, 1.54) is 6.92 Å². The van der Waals surface area contributed by atoms with Gasteiger partial charge in [-0.3, -0.25) is 4.79 Å². The van der Waals surface area contributed by atoms with Gasteiger partial charge < -0.3 is 10.1 Å². The van der Waals surface area contributed by atoms with Crippen molar-refractivity contribution in [3.05, 3.63) is 58.6 Å². The van der Waals surface area contributed by atoms with Gasteiger partial charge in [0.2, 0.25) is 0 Å². The number of carbonyl (C=O) groups is 1. The average molecular weight is 356 g/mol. The zero-order chi connectivity index (χ0) is 15.4. The van der Waals surface area contributed by atoms with Crippen LogP contribution in [-0.4, -0.2) is 12.0 Å². The number of nitrogens with one attached hydrogen (secondary N) is 1. The number of benzene rings is 2. The maximum absolute atomic E-state index is 13.5. The molecule has 0 heterocycles. The van der Waals surface area contributed by atoms with E-state index in [4.69, 9.17) is 4.74 Å². The highest BCUT2D eigenvalue weighted by Gasteiger charge is 2.17. The molecule has 6 heteroatoms. The minimum atomic E-state index is -0.840. The highest BCUT2D eigenvalue weighted by molar-refractivity contribution is 9.10. The fraction of sp³-hybridized carbons (Fsp3) is 0.133. The molecule has 0 bridgehead atoms. The molecular weight excluding hydrogens is 344 g/mol. The largest absolute Gasteiger partial charge is 0.480 e. The zero-order valence-electron chi connectivity index (χ0n) is 11.1. The molecule has 1 atom stereocenters. The molecule has 110 valence electrons. The number of anilines is 1. The van der Waals surface area contributed by atoms with Gasteiger partial charge in [-0.2, -0.15) is 0 Å². The predicted molar refractivity (Wildman–Crippen MR) is 79.2 cm³/mol. The monoisotopic (exact) mass is 355 g/mol. The van der Waals surface area contributed by atoms with E-state index >= 15 is 0 Å². The zero-order valence-corrected chi connectivity index (χ0v) is 12.7. The summed E-state index contributed by atoms with van der Waals surface area (Å²) in [6.07, 6.45) is -0.840. The summed E-state index contributed by atoms with van der Waals surface area (Å²) in [5, 5.41) is 2.36. The SMILES string of the molecule is CC(Oc1ccccc1Br)C(=O)Nc1ccc(F)cc1F. The van der Waals surface area contributed by atoms with Crippen molar-refractivity contribution < 1.29 is 18.3 Å². The third kappa shape index (κ3) is 4.01. The molecule has 1 N–H and O–H groups in total. The van der Waals surface area contributed by atoms with E-state index in [1.54, 1.807) is 18.2 Å². The first kappa shape index (κ1) is 15.4. The Morgan fingerprint density at radius 3 is 2.62 bits per heavy atom. The predicted octanol–water partition coefficient (Wildman–Crippen LogP) is 4.13. The molecule has 0 saturated carbocycles. The van der Waals surface area contributed by atoms with Gasteiger partial charge in [0, 0.05) is 6.07 Å². The Kier molecular flexibility index (Phi) is 4.90. The summed E-state index contributed by atoms with van der Waals surface area (Å²) in [6, 6.07) is 9.99. The van der Waals surface area contributed by atoms with E-state index < -0.39 is 23.6 Å². The molecule has 0 aliphatic heterocycles. The number of carbonyl (C=O) groups excluding carboxylic acids is 1. The van der Waals surface area contributed by atoms with Crippen LogP contribution >= 0.6 is 15.9 Å². The van der Waals surface area contributed by atoms with Crippen LogP contribution in [0.3, 0.4) is 0 Å². The van der Waals surface area contributed by atoms with Gasteiger partial charge in [-0.1, -0.05) is 12.1 Å². The Morgan fingerprint density at radius 1 is 1.24 bits per heavy atom. The number of rotatable bonds is 4. The van der Waals surface area contributed by atoms with E-state index in [2.05, 4.69) is 21.2 Å². The van der Waals surface area contributed by atoms with Crippen LogP contribution in [0, 0.1) is 11.6 Å². The second kappa shape index (κ2) is 6.67. The van der Waals surface area contributed by atoms with Crippen molar-refractivity contribution in [2.45, 2.75) is 13.0 Å². The summed E-state index contributed by atoms with van der Waals surface area (Å²) >= 11 is 3.30. The second-order valence-corrected chi connectivity index (χ2v) is 5.16. The normalized spacial score (nSPS) is 11.8. The first-order valence-corrected chi connectivity index (χ1v) is 6.94. The number of hydrogen-bond donors (Lipinski definition) is 1. The molecular formula is C15H12BrF2NO2. The third-order valence-electron chi connectivity index (χ3n) is 2.70. The van der Waals surface area contributed by atoms with E-state index in [0.29, 0.717) is 16.3 Å². The van der Waals surface area contributed by atoms with Crippen LogP contribution < -0.4 is 10.1 Å². The molecule has 0 aliphatic carbocycles. The third-order valence-corrected chi connectivity index (χ3v) is 3.35. The Hall–Kier alpha value is -1.95. The van der Waals surface area contributed by atoms with Gasteiger partial charge >= 0.3 is 0 Å². The molecule has 0 spiro atoms. The van der Waals surface area contributed by atoms with Gasteiger partial charge in [-0.25, -0.2) is 8.78 Å². The second-order valence-electron chi connectivity index (χ2n) is 4.30. The Labute approximate surface area is 129 Å². The number of hydrogen-bond acceptors (Lipinski definition) is 2. The van der Waals surface area contributed by atoms with Crippen LogP contribution in [0.2, 0.25) is 0 Å². The average Bonchev–Trinajstić information content (AvgIpc) is 2.44. The minimum absolute atomic E-state index is 0.0935. The quantitative estimate of drug-likeness (QED) is 0.895. The van der Waals surface area contributed by atoms with Crippen molar-refractivity contribution in [1.82, 2.24) is 0 Å². The molecule has 2 rings (SSSR count). The lowest BCUT2D eigenvalue weighted by atomic mass is 10.2. The van der Waals surface area contributed by atoms with Crippen molar-refractivity contribution in [2.24, 2.45) is 0 Å². The van der Waals surface area contributed by atoms with Crippen LogP contribution in [0.25, 0.3) is 0 Å². The van der Waals surface area contributed by atoms with E-state index in [1.807, 2.05) is 6.07 Å². The molecule has 3 nitrogen and oxygen atoms in total. The van der Waals surface area contributed by atoms with Gasteiger partial charge in [0.05, 0.1) is 10.2 Å². The highest BCUT2D eigenvalue weighted by atomic mass is 79.9. The lowest BCUT2D eigenvalue weighted by Crippen LogP contribution is -2.30. The fourth-order valence-electron chi connectivity index (χ4n) is 1.61. The summed E-state index contributed by atoms with van der Waals surface area (Å²) in [5.74, 6) is -1.57. The molecule has 0 saturated heterocycles. The molecule has 2 aromatic carbocycles. The topological polar surface area (TPSA) is 38.3 Å². The maximum Gasteiger partial charge on any atom is 0.265 e. The molecule has 1 amide bonds. The van der Waals surface area contributed by atoms with Gasteiger partial charge in [0.25, 0.3) is 5.91 Å². The summed E-state index contributed by atoms with van der Waals surface area (Å²) in [7, 11) is 0. The number of para-hydroxylation sites is 1. The van der Waals surface area contributed by atoms with Crippen molar-refractivity contribution in [3.8, 4) is 5.75 Å². The molecule has 0 radical (unpaired) electrons. The van der Waals surface area contributed by atoms with Gasteiger partial charge in [0.1, 0.15) is 17.4 Å². The molecule has 0 fully saturated rings. The van der Waals surface area contributed by atoms with Crippen molar-refractivity contribution >= 4 is 27.5 Å². The van der Waals surface area contributed by atoms with Gasteiger partial charge in [0.15, 0.2) is 6.10 Å². The standard InChI is InChI=1S/C15H12BrF2NO2/c1-9(21-14-5-3-2-4-11(14)16)15(20)19-13-7-6-10(17)8-12(13)18/h2-9H,1H3,(H,19,20). The Morgan fingerprint density at radius 2 is 1.95 bits per heavy atom. The highest BCUT2D eigenvalue weighted by Crippen LogP contribution is 2.25. The molecule has 2 aromatic rings. The summed E-state index contributed by atoms with van der Waals surface area (Å²) in [4.78, 5) is 12.0. The number of amides is 1. The van der Waals surface area contributed by atoms with Crippen LogP contribution in [0.4, 0.5) is 14.5 Å². The van der Waals surface area contributed by atoms with Crippen molar-refractivity contribution in [1.29, 1.82) is 0 Å². The summed E-state index contributed by atoms with van der Waals surface area (Å²) in [5.41, 5.74) is -0.0935. The van der Waals surface area contributed by atoms with E-state index in [0.717, 1.165) is 12.1 Å². The summed E-state index contributed by atoms with van der Waals surface area (Å²) < 4.78 is 32.4. The maximum atomic E-state index is 13.5. The Balaban J connectivity index is 2.04. The molecule has 0 aliphatic rings. The first-order chi connectivity index (χ1) is 9.97. The Bertz CT molecular complexity index is 664. The fourth-order valence-corrected chi connectivity index (χ4v) is 1.99. The van der Waals surface area contributed by atoms with Crippen LogP contribution in [0.1, 0.15) is 6.92 Å². The lowest BCUT2D eigenvalue weighted by molar-refractivity contribution is -0.122. The minimum Gasteiger partial charge on any atom is -0.480 e. The molecule has 21 heavy (non-hydrogen) atoms.